The number of aromatic carboxylic acids is 1. The van der Waals surface area contributed by atoms with Gasteiger partial charge in [0.05, 0.1) is 8.66 Å². The second-order valence-electron chi connectivity index (χ2n) is 2.78. The molecule has 2 aromatic rings. The first-order chi connectivity index (χ1) is 7.08. The molecule has 0 unspecified atom stereocenters. The molecule has 78 valence electrons. The Bertz CT molecular complexity index is 500. The molecule has 0 amide bonds. The fourth-order valence-electron chi connectivity index (χ4n) is 0.974. The van der Waals surface area contributed by atoms with Crippen LogP contribution in [0, 0.1) is 6.92 Å². The molecule has 7 heteroatoms. The van der Waals surface area contributed by atoms with Crippen LogP contribution in [0.4, 0.5) is 0 Å². The molecule has 0 aliphatic rings. The predicted octanol–water partition coefficient (Wildman–Crippen LogP) is 2.57. The summed E-state index contributed by atoms with van der Waals surface area (Å²) in [7, 11) is 0. The van der Waals surface area contributed by atoms with Crippen molar-refractivity contribution in [3.05, 3.63) is 21.3 Å². The first-order valence-electron chi connectivity index (χ1n) is 3.91. The van der Waals surface area contributed by atoms with Crippen LogP contribution in [-0.2, 0) is 0 Å². The second kappa shape index (κ2) is 3.74. The zero-order chi connectivity index (χ0) is 11.0. The van der Waals surface area contributed by atoms with Gasteiger partial charge in [0.1, 0.15) is 0 Å². The number of aryl methyl sites for hydroxylation is 1. The number of halogens is 1. The number of hydrogen-bond acceptors (Lipinski definition) is 5. The van der Waals surface area contributed by atoms with Crippen LogP contribution in [0.1, 0.15) is 16.2 Å². The fraction of sp³-hybridized carbons (Fsp3) is 0.125. The molecule has 0 radical (unpaired) electrons. The topological polar surface area (TPSA) is 76.2 Å². The SMILES string of the molecule is Cc1cc(-c2nnc(C(=O)O)o2)sc1Br. The van der Waals surface area contributed by atoms with Crippen LogP contribution in [0.2, 0.25) is 0 Å². The quantitative estimate of drug-likeness (QED) is 0.919. The molecule has 0 saturated carbocycles. The molecule has 5 nitrogen and oxygen atoms in total. The van der Waals surface area contributed by atoms with Gasteiger partial charge in [0.15, 0.2) is 0 Å². The highest BCUT2D eigenvalue weighted by molar-refractivity contribution is 9.11. The van der Waals surface area contributed by atoms with Crippen molar-refractivity contribution in [2.75, 3.05) is 0 Å². The van der Waals surface area contributed by atoms with Crippen LogP contribution in [0.5, 0.6) is 0 Å². The minimum Gasteiger partial charge on any atom is -0.474 e. The van der Waals surface area contributed by atoms with Gasteiger partial charge in [0, 0.05) is 0 Å². The van der Waals surface area contributed by atoms with Gasteiger partial charge in [0.25, 0.3) is 5.89 Å². The smallest absolute Gasteiger partial charge is 0.393 e. The molecule has 0 aliphatic carbocycles. The largest absolute Gasteiger partial charge is 0.474 e. The average molecular weight is 289 g/mol. The molecular weight excluding hydrogens is 284 g/mol. The van der Waals surface area contributed by atoms with Gasteiger partial charge in [-0.2, -0.15) is 0 Å². The Morgan fingerprint density at radius 2 is 2.33 bits per heavy atom. The molecule has 2 heterocycles. The monoisotopic (exact) mass is 288 g/mol. The van der Waals surface area contributed by atoms with Gasteiger partial charge in [-0.1, -0.05) is 0 Å². The average Bonchev–Trinajstić information content (AvgIpc) is 2.74. The van der Waals surface area contributed by atoms with Gasteiger partial charge in [0.2, 0.25) is 0 Å². The van der Waals surface area contributed by atoms with E-state index in [1.54, 1.807) is 0 Å². The van der Waals surface area contributed by atoms with E-state index in [0.29, 0.717) is 0 Å². The summed E-state index contributed by atoms with van der Waals surface area (Å²) in [6.07, 6.45) is 0. The van der Waals surface area contributed by atoms with Crippen molar-refractivity contribution < 1.29 is 14.3 Å². The third-order valence-corrected chi connectivity index (χ3v) is 3.80. The number of carboxylic acid groups (broad SMARTS) is 1. The van der Waals surface area contributed by atoms with Crippen molar-refractivity contribution in [3.63, 3.8) is 0 Å². The van der Waals surface area contributed by atoms with Crippen LogP contribution in [0.25, 0.3) is 10.8 Å². The van der Waals surface area contributed by atoms with E-state index >= 15 is 0 Å². The van der Waals surface area contributed by atoms with E-state index in [2.05, 4.69) is 26.1 Å². The molecule has 2 aromatic heterocycles. The maximum atomic E-state index is 10.5. The van der Waals surface area contributed by atoms with Crippen molar-refractivity contribution in [1.29, 1.82) is 0 Å². The van der Waals surface area contributed by atoms with Crippen molar-refractivity contribution in [2.45, 2.75) is 6.92 Å². The van der Waals surface area contributed by atoms with Crippen LogP contribution >= 0.6 is 27.3 Å². The molecule has 0 spiro atoms. The molecule has 0 fully saturated rings. The van der Waals surface area contributed by atoms with Gasteiger partial charge >= 0.3 is 11.9 Å². The van der Waals surface area contributed by atoms with E-state index in [0.717, 1.165) is 14.2 Å². The molecule has 0 bridgehead atoms. The molecule has 2 rings (SSSR count). The number of thiophene rings is 1. The number of hydrogen-bond donors (Lipinski definition) is 1. The van der Waals surface area contributed by atoms with E-state index in [9.17, 15) is 4.79 Å². The Labute approximate surface area is 96.9 Å². The van der Waals surface area contributed by atoms with E-state index in [4.69, 9.17) is 9.52 Å². The third-order valence-electron chi connectivity index (χ3n) is 1.68. The summed E-state index contributed by atoms with van der Waals surface area (Å²) < 4.78 is 5.93. The minimum atomic E-state index is -1.22. The lowest BCUT2D eigenvalue weighted by molar-refractivity contribution is 0.0654. The Kier molecular flexibility index (Phi) is 2.57. The summed E-state index contributed by atoms with van der Waals surface area (Å²) in [5.74, 6) is -1.39. The highest BCUT2D eigenvalue weighted by Gasteiger charge is 2.16. The van der Waals surface area contributed by atoms with Crippen molar-refractivity contribution in [3.8, 4) is 10.8 Å². The van der Waals surface area contributed by atoms with Crippen LogP contribution < -0.4 is 0 Å². The van der Waals surface area contributed by atoms with Gasteiger partial charge in [-0.3, -0.25) is 0 Å². The van der Waals surface area contributed by atoms with Crippen LogP contribution in [0.3, 0.4) is 0 Å². The van der Waals surface area contributed by atoms with Crippen LogP contribution in [0.15, 0.2) is 14.3 Å². The maximum absolute atomic E-state index is 10.5. The number of nitrogens with zero attached hydrogens (tertiary/aromatic N) is 2. The summed E-state index contributed by atoms with van der Waals surface area (Å²) in [6.45, 7) is 1.93. The minimum absolute atomic E-state index is 0.228. The lowest BCUT2D eigenvalue weighted by Gasteiger charge is -1.84. The molecule has 0 saturated heterocycles. The maximum Gasteiger partial charge on any atom is 0.393 e. The molecule has 0 aromatic carbocycles. The van der Waals surface area contributed by atoms with E-state index in [1.165, 1.54) is 11.3 Å². The Morgan fingerprint density at radius 3 is 2.80 bits per heavy atom. The number of rotatable bonds is 2. The first kappa shape index (κ1) is 10.3. The summed E-state index contributed by atoms with van der Waals surface area (Å²) in [4.78, 5) is 11.3. The molecule has 15 heavy (non-hydrogen) atoms. The normalized spacial score (nSPS) is 10.5. The third kappa shape index (κ3) is 1.93. The highest BCUT2D eigenvalue weighted by Crippen LogP contribution is 2.33. The Hall–Kier alpha value is -1.21. The summed E-state index contributed by atoms with van der Waals surface area (Å²) in [6, 6.07) is 1.86. The lowest BCUT2D eigenvalue weighted by atomic mass is 10.3. The van der Waals surface area contributed by atoms with Gasteiger partial charge < -0.3 is 9.52 Å². The highest BCUT2D eigenvalue weighted by atomic mass is 79.9. The van der Waals surface area contributed by atoms with Gasteiger partial charge in [-0.25, -0.2) is 4.79 Å². The number of carbonyl (C=O) groups is 1. The second-order valence-corrected chi connectivity index (χ2v) is 5.15. The zero-order valence-electron chi connectivity index (χ0n) is 7.52. The first-order valence-corrected chi connectivity index (χ1v) is 5.52. The molecular formula is C8H5BrN2O3S. The number of carboxylic acids is 1. The summed E-state index contributed by atoms with van der Waals surface area (Å²) >= 11 is 4.78. The molecule has 1 N–H and O–H groups in total. The Balaban J connectivity index is 2.41. The van der Waals surface area contributed by atoms with E-state index in [-0.39, 0.29) is 5.89 Å². The summed E-state index contributed by atoms with van der Waals surface area (Å²) in [5.41, 5.74) is 1.05. The van der Waals surface area contributed by atoms with Crippen molar-refractivity contribution in [2.24, 2.45) is 0 Å². The van der Waals surface area contributed by atoms with Gasteiger partial charge in [-0.05, 0) is 34.5 Å². The standard InChI is InChI=1S/C8H5BrN2O3S/c1-3-2-4(15-5(3)9)6-10-11-7(14-6)8(12)13/h2H,1H3,(H,12,13). The lowest BCUT2D eigenvalue weighted by Crippen LogP contribution is -1.95. The summed E-state index contributed by atoms with van der Waals surface area (Å²) in [5, 5.41) is 15.7. The molecule has 0 aliphatic heterocycles. The van der Waals surface area contributed by atoms with Crippen molar-refractivity contribution >= 4 is 33.2 Å². The van der Waals surface area contributed by atoms with Gasteiger partial charge in [-0.15, -0.1) is 21.5 Å². The van der Waals surface area contributed by atoms with Crippen molar-refractivity contribution in [1.82, 2.24) is 10.2 Å². The van der Waals surface area contributed by atoms with E-state index < -0.39 is 11.9 Å². The van der Waals surface area contributed by atoms with Crippen LogP contribution in [-0.4, -0.2) is 21.3 Å². The zero-order valence-corrected chi connectivity index (χ0v) is 9.92. The Morgan fingerprint density at radius 1 is 1.60 bits per heavy atom. The number of aromatic nitrogens is 2. The fourth-order valence-corrected chi connectivity index (χ4v) is 2.43. The predicted molar refractivity (Wildman–Crippen MR) is 57.0 cm³/mol. The molecule has 0 atom stereocenters. The van der Waals surface area contributed by atoms with E-state index in [1.807, 2.05) is 13.0 Å².